The van der Waals surface area contributed by atoms with Crippen molar-refractivity contribution in [3.05, 3.63) is 71.8 Å². The Morgan fingerprint density at radius 3 is 2.48 bits per heavy atom. The summed E-state index contributed by atoms with van der Waals surface area (Å²) < 4.78 is 11.6. The minimum atomic E-state index is -0.566. The Balaban J connectivity index is 1.49. The predicted molar refractivity (Wildman–Crippen MR) is 108 cm³/mol. The number of aryl methyl sites for hydroxylation is 2. The lowest BCUT2D eigenvalue weighted by atomic mass is 10.1. The van der Waals surface area contributed by atoms with Gasteiger partial charge in [-0.15, -0.1) is 0 Å². The molecular weight excluding hydrogens is 338 g/mol. The van der Waals surface area contributed by atoms with Gasteiger partial charge in [0.25, 0.3) is 5.91 Å². The first kappa shape index (κ1) is 18.8. The summed E-state index contributed by atoms with van der Waals surface area (Å²) in [7, 11) is 0. The van der Waals surface area contributed by atoms with E-state index < -0.39 is 6.10 Å². The van der Waals surface area contributed by atoms with Crippen LogP contribution in [0, 0.1) is 13.8 Å². The molecule has 27 heavy (non-hydrogen) atoms. The molecule has 0 saturated heterocycles. The second-order valence-corrected chi connectivity index (χ2v) is 6.70. The monoisotopic (exact) mass is 363 g/mol. The zero-order chi connectivity index (χ0) is 19.2. The minimum Gasteiger partial charge on any atom is -0.491 e. The van der Waals surface area contributed by atoms with Crippen molar-refractivity contribution >= 4 is 16.7 Å². The number of carbonyl (C=O) groups is 1. The topological polar surface area (TPSA) is 47.6 Å². The van der Waals surface area contributed by atoms with Crippen molar-refractivity contribution in [2.24, 2.45) is 0 Å². The van der Waals surface area contributed by atoms with Crippen molar-refractivity contribution in [3.8, 4) is 11.5 Å². The number of carbonyl (C=O) groups excluding carboxylic acids is 1. The van der Waals surface area contributed by atoms with E-state index in [-0.39, 0.29) is 5.91 Å². The number of benzene rings is 3. The standard InChI is InChI=1S/C23H25NO3/c1-16-13-17(2)15-20(14-16)27-18(3)23(25)24-11-12-26-22-10-6-8-19-7-4-5-9-21(19)22/h4-10,13-15,18H,11-12H2,1-3H3,(H,24,25)/t18-/m0/s1. The Morgan fingerprint density at radius 1 is 1.00 bits per heavy atom. The number of nitrogens with one attached hydrogen (secondary N) is 1. The normalized spacial score (nSPS) is 11.8. The Labute approximate surface area is 160 Å². The summed E-state index contributed by atoms with van der Waals surface area (Å²) in [4.78, 5) is 12.2. The maximum atomic E-state index is 12.2. The van der Waals surface area contributed by atoms with Crippen molar-refractivity contribution in [2.45, 2.75) is 26.9 Å². The average Bonchev–Trinajstić information content (AvgIpc) is 2.64. The third-order valence-corrected chi connectivity index (χ3v) is 4.29. The van der Waals surface area contributed by atoms with Gasteiger partial charge in [-0.2, -0.15) is 0 Å². The van der Waals surface area contributed by atoms with E-state index in [1.807, 2.05) is 56.3 Å². The summed E-state index contributed by atoms with van der Waals surface area (Å²) in [5.41, 5.74) is 2.22. The van der Waals surface area contributed by atoms with Crippen molar-refractivity contribution in [1.82, 2.24) is 5.32 Å². The fourth-order valence-corrected chi connectivity index (χ4v) is 3.06. The number of hydrogen-bond acceptors (Lipinski definition) is 3. The average molecular weight is 363 g/mol. The van der Waals surface area contributed by atoms with Gasteiger partial charge in [0, 0.05) is 5.39 Å². The van der Waals surface area contributed by atoms with Crippen molar-refractivity contribution in [2.75, 3.05) is 13.2 Å². The third kappa shape index (κ3) is 5.00. The first-order valence-electron chi connectivity index (χ1n) is 9.16. The first-order chi connectivity index (χ1) is 13.0. The lowest BCUT2D eigenvalue weighted by molar-refractivity contribution is -0.127. The van der Waals surface area contributed by atoms with E-state index in [4.69, 9.17) is 9.47 Å². The highest BCUT2D eigenvalue weighted by Crippen LogP contribution is 2.24. The van der Waals surface area contributed by atoms with E-state index in [1.165, 1.54) is 0 Å². The molecule has 0 radical (unpaired) electrons. The van der Waals surface area contributed by atoms with Crippen molar-refractivity contribution in [1.29, 1.82) is 0 Å². The van der Waals surface area contributed by atoms with Crippen LogP contribution in [0.25, 0.3) is 10.8 Å². The molecule has 3 rings (SSSR count). The molecule has 4 heteroatoms. The van der Waals surface area contributed by atoms with Crippen LogP contribution >= 0.6 is 0 Å². The van der Waals surface area contributed by atoms with Crippen LogP contribution in [-0.4, -0.2) is 25.2 Å². The van der Waals surface area contributed by atoms with Gasteiger partial charge < -0.3 is 14.8 Å². The summed E-state index contributed by atoms with van der Waals surface area (Å²) >= 11 is 0. The van der Waals surface area contributed by atoms with Gasteiger partial charge in [-0.05, 0) is 55.5 Å². The quantitative estimate of drug-likeness (QED) is 0.632. The zero-order valence-electron chi connectivity index (χ0n) is 16.0. The second kappa shape index (κ2) is 8.58. The maximum Gasteiger partial charge on any atom is 0.260 e. The predicted octanol–water partition coefficient (Wildman–Crippen LogP) is 4.42. The molecule has 0 saturated carbocycles. The zero-order valence-corrected chi connectivity index (χ0v) is 16.0. The van der Waals surface area contributed by atoms with Gasteiger partial charge in [0.05, 0.1) is 6.54 Å². The van der Waals surface area contributed by atoms with Gasteiger partial charge in [-0.1, -0.05) is 42.5 Å². The number of rotatable bonds is 7. The fourth-order valence-electron chi connectivity index (χ4n) is 3.06. The number of hydrogen-bond donors (Lipinski definition) is 1. The maximum absolute atomic E-state index is 12.2. The molecule has 0 aromatic heterocycles. The van der Waals surface area contributed by atoms with Crippen LogP contribution in [0.5, 0.6) is 11.5 Å². The molecule has 3 aromatic rings. The van der Waals surface area contributed by atoms with Crippen LogP contribution in [-0.2, 0) is 4.79 Å². The molecule has 0 aliphatic heterocycles. The van der Waals surface area contributed by atoms with Gasteiger partial charge in [-0.25, -0.2) is 0 Å². The highest BCUT2D eigenvalue weighted by atomic mass is 16.5. The smallest absolute Gasteiger partial charge is 0.260 e. The van der Waals surface area contributed by atoms with E-state index in [9.17, 15) is 4.79 Å². The Kier molecular flexibility index (Phi) is 5.97. The van der Waals surface area contributed by atoms with E-state index >= 15 is 0 Å². The molecule has 0 fully saturated rings. The van der Waals surface area contributed by atoms with Crippen LogP contribution in [0.4, 0.5) is 0 Å². The number of fused-ring (bicyclic) bond motifs is 1. The summed E-state index contributed by atoms with van der Waals surface area (Å²) in [6.07, 6.45) is -0.566. The third-order valence-electron chi connectivity index (χ3n) is 4.29. The molecule has 4 nitrogen and oxygen atoms in total. The molecule has 3 aromatic carbocycles. The van der Waals surface area contributed by atoms with E-state index in [1.54, 1.807) is 6.92 Å². The van der Waals surface area contributed by atoms with Crippen LogP contribution < -0.4 is 14.8 Å². The van der Waals surface area contributed by atoms with E-state index in [0.717, 1.165) is 27.6 Å². The fraction of sp³-hybridized carbons (Fsp3) is 0.261. The van der Waals surface area contributed by atoms with E-state index in [0.29, 0.717) is 18.9 Å². The van der Waals surface area contributed by atoms with Gasteiger partial charge in [0.2, 0.25) is 0 Å². The van der Waals surface area contributed by atoms with Gasteiger partial charge in [-0.3, -0.25) is 4.79 Å². The van der Waals surface area contributed by atoms with Crippen LogP contribution in [0.15, 0.2) is 60.7 Å². The summed E-state index contributed by atoms with van der Waals surface area (Å²) in [6.45, 7) is 6.58. The largest absolute Gasteiger partial charge is 0.491 e. The molecule has 0 unspecified atom stereocenters. The molecule has 0 aliphatic carbocycles. The lowest BCUT2D eigenvalue weighted by Crippen LogP contribution is -2.38. The van der Waals surface area contributed by atoms with Crippen LogP contribution in [0.3, 0.4) is 0 Å². The molecule has 1 atom stereocenters. The molecular formula is C23H25NO3. The SMILES string of the molecule is Cc1cc(C)cc(O[C@@H](C)C(=O)NCCOc2cccc3ccccc23)c1. The first-order valence-corrected chi connectivity index (χ1v) is 9.16. The molecule has 0 heterocycles. The molecule has 1 N–H and O–H groups in total. The number of amides is 1. The number of ether oxygens (including phenoxy) is 2. The van der Waals surface area contributed by atoms with Crippen molar-refractivity contribution < 1.29 is 14.3 Å². The Morgan fingerprint density at radius 2 is 1.70 bits per heavy atom. The summed E-state index contributed by atoms with van der Waals surface area (Å²) in [5, 5.41) is 5.06. The summed E-state index contributed by atoms with van der Waals surface area (Å²) in [5.74, 6) is 1.37. The van der Waals surface area contributed by atoms with Gasteiger partial charge in [0.1, 0.15) is 18.1 Å². The van der Waals surface area contributed by atoms with Gasteiger partial charge >= 0.3 is 0 Å². The van der Waals surface area contributed by atoms with Crippen LogP contribution in [0.2, 0.25) is 0 Å². The van der Waals surface area contributed by atoms with Crippen LogP contribution in [0.1, 0.15) is 18.1 Å². The molecule has 1 amide bonds. The summed E-state index contributed by atoms with van der Waals surface area (Å²) in [6, 6.07) is 20.0. The van der Waals surface area contributed by atoms with E-state index in [2.05, 4.69) is 23.5 Å². The Bertz CT molecular complexity index is 910. The Hall–Kier alpha value is -3.01. The van der Waals surface area contributed by atoms with Gasteiger partial charge in [0.15, 0.2) is 6.10 Å². The minimum absolute atomic E-state index is 0.157. The highest BCUT2D eigenvalue weighted by molar-refractivity contribution is 5.88. The molecule has 0 aliphatic rings. The molecule has 0 spiro atoms. The molecule has 0 bridgehead atoms. The lowest BCUT2D eigenvalue weighted by Gasteiger charge is -2.16. The molecule has 140 valence electrons. The second-order valence-electron chi connectivity index (χ2n) is 6.70. The highest BCUT2D eigenvalue weighted by Gasteiger charge is 2.14. The van der Waals surface area contributed by atoms with Crippen molar-refractivity contribution in [3.63, 3.8) is 0 Å².